The predicted octanol–water partition coefficient (Wildman–Crippen LogP) is 3.68. The number of ether oxygens (including phenoxy) is 2. The van der Waals surface area contributed by atoms with E-state index in [1.807, 2.05) is 36.4 Å². The molecule has 5 rings (SSSR count). The Hall–Kier alpha value is -4.13. The van der Waals surface area contributed by atoms with Gasteiger partial charge in [-0.25, -0.2) is 14.5 Å². The highest BCUT2D eigenvalue weighted by molar-refractivity contribution is 5.73. The zero-order chi connectivity index (χ0) is 28.0. The van der Waals surface area contributed by atoms with Crippen molar-refractivity contribution in [3.05, 3.63) is 66.2 Å². The summed E-state index contributed by atoms with van der Waals surface area (Å²) >= 11 is 0. The number of benzene rings is 2. The van der Waals surface area contributed by atoms with Crippen molar-refractivity contribution in [3.63, 3.8) is 0 Å². The molecule has 0 bridgehead atoms. The number of hydrogen-bond acceptors (Lipinski definition) is 7. The summed E-state index contributed by atoms with van der Waals surface area (Å²) in [5.41, 5.74) is 3.31. The summed E-state index contributed by atoms with van der Waals surface area (Å²) in [6, 6.07) is 14.2. The van der Waals surface area contributed by atoms with Gasteiger partial charge >= 0.3 is 18.1 Å². The third kappa shape index (κ3) is 7.05. The van der Waals surface area contributed by atoms with Crippen LogP contribution in [0.25, 0.3) is 5.69 Å². The van der Waals surface area contributed by atoms with Crippen molar-refractivity contribution in [3.8, 4) is 17.2 Å². The first-order chi connectivity index (χ1) is 18.6. The normalized spacial score (nSPS) is 16.1. The maximum absolute atomic E-state index is 10.8. The monoisotopic (exact) mass is 548 g/mol. The summed E-state index contributed by atoms with van der Waals surface area (Å²) in [5.74, 6) is -1.80. The molecule has 10 nitrogen and oxygen atoms in total. The summed E-state index contributed by atoms with van der Waals surface area (Å²) in [5, 5.41) is 20.2. The Kier molecular flexibility index (Phi) is 8.38. The van der Waals surface area contributed by atoms with Gasteiger partial charge < -0.3 is 24.6 Å². The van der Waals surface area contributed by atoms with Gasteiger partial charge in [0.15, 0.2) is 0 Å². The standard InChI is InChI=1S/C24H26N4O4.C2HF3O2/c29-23(30)7-10-27-11-8-24(9-12-27)15-32-22-13-20(5-6-21(22)24)31-14-18-1-3-19(4-2-18)28-17-25-16-26-28;3-2(4,5)1(6)7/h1-6,13,16-17H,7-12,14-15H2,(H,29,30);(H,6,7). The number of carbonyl (C=O) groups is 2. The first kappa shape index (κ1) is 27.9. The quantitative estimate of drug-likeness (QED) is 0.455. The lowest BCUT2D eigenvalue weighted by molar-refractivity contribution is -0.192. The molecule has 1 aromatic heterocycles. The summed E-state index contributed by atoms with van der Waals surface area (Å²) in [6.07, 6.45) is 0.266. The number of halogens is 3. The first-order valence-electron chi connectivity index (χ1n) is 12.1. The number of likely N-dealkylation sites (tertiary alicyclic amines) is 1. The Bertz CT molecular complexity index is 1270. The second-order valence-electron chi connectivity index (χ2n) is 9.31. The molecular weight excluding hydrogens is 521 g/mol. The predicted molar refractivity (Wildman–Crippen MR) is 131 cm³/mol. The Morgan fingerprint density at radius 1 is 1.08 bits per heavy atom. The number of nitrogens with zero attached hydrogens (tertiary/aromatic N) is 4. The van der Waals surface area contributed by atoms with Gasteiger partial charge in [0.1, 0.15) is 30.8 Å². The summed E-state index contributed by atoms with van der Waals surface area (Å²) in [6.45, 7) is 3.58. The van der Waals surface area contributed by atoms with E-state index < -0.39 is 18.1 Å². The van der Waals surface area contributed by atoms with Gasteiger partial charge in [0.25, 0.3) is 0 Å². The van der Waals surface area contributed by atoms with Gasteiger partial charge in [-0.3, -0.25) is 4.79 Å². The first-order valence-corrected chi connectivity index (χ1v) is 12.1. The van der Waals surface area contributed by atoms with Gasteiger partial charge in [0.2, 0.25) is 0 Å². The molecule has 0 saturated carbocycles. The third-order valence-corrected chi connectivity index (χ3v) is 6.75. The Balaban J connectivity index is 0.000000448. The minimum Gasteiger partial charge on any atom is -0.492 e. The molecule has 39 heavy (non-hydrogen) atoms. The van der Waals surface area contributed by atoms with Gasteiger partial charge in [-0.1, -0.05) is 18.2 Å². The van der Waals surface area contributed by atoms with Gasteiger partial charge in [0.05, 0.1) is 18.7 Å². The van der Waals surface area contributed by atoms with Crippen LogP contribution in [0.3, 0.4) is 0 Å². The molecule has 1 fully saturated rings. The number of aliphatic carboxylic acids is 2. The number of carboxylic acids is 2. The number of piperidine rings is 1. The van der Waals surface area contributed by atoms with Gasteiger partial charge in [-0.2, -0.15) is 18.3 Å². The molecule has 1 saturated heterocycles. The average molecular weight is 549 g/mol. The molecule has 13 heteroatoms. The van der Waals surface area contributed by atoms with Crippen molar-refractivity contribution >= 4 is 11.9 Å². The van der Waals surface area contributed by atoms with Crippen LogP contribution in [0.4, 0.5) is 13.2 Å². The molecule has 2 aromatic carbocycles. The second-order valence-corrected chi connectivity index (χ2v) is 9.31. The van der Waals surface area contributed by atoms with Crippen LogP contribution in [0, 0.1) is 0 Å². The fraction of sp³-hybridized carbons (Fsp3) is 0.385. The van der Waals surface area contributed by atoms with Crippen LogP contribution in [0.2, 0.25) is 0 Å². The third-order valence-electron chi connectivity index (χ3n) is 6.75. The molecule has 2 aliphatic heterocycles. The highest BCUT2D eigenvalue weighted by atomic mass is 19.4. The SMILES string of the molecule is O=C(O)C(F)(F)F.O=C(O)CCN1CCC2(CC1)COc1cc(OCc3ccc(-n4cncn4)cc3)ccc12. The molecule has 208 valence electrons. The van der Waals surface area contributed by atoms with Crippen LogP contribution in [0.1, 0.15) is 30.4 Å². The van der Waals surface area contributed by atoms with E-state index in [9.17, 15) is 18.0 Å². The van der Waals surface area contributed by atoms with E-state index in [-0.39, 0.29) is 11.8 Å². The molecule has 3 heterocycles. The number of alkyl halides is 3. The number of rotatable bonds is 7. The maximum atomic E-state index is 10.8. The van der Waals surface area contributed by atoms with Crippen LogP contribution in [-0.2, 0) is 21.6 Å². The molecule has 0 amide bonds. The van der Waals surface area contributed by atoms with E-state index in [0.717, 1.165) is 48.7 Å². The van der Waals surface area contributed by atoms with Crippen molar-refractivity contribution in [2.45, 2.75) is 37.5 Å². The maximum Gasteiger partial charge on any atom is 0.490 e. The van der Waals surface area contributed by atoms with Crippen molar-refractivity contribution in [1.29, 1.82) is 0 Å². The summed E-state index contributed by atoms with van der Waals surface area (Å²) in [4.78, 5) is 25.9. The molecule has 0 aliphatic carbocycles. The number of carboxylic acid groups (broad SMARTS) is 2. The molecular formula is C26H27F3N4O6. The molecule has 0 radical (unpaired) electrons. The van der Waals surface area contributed by atoms with Crippen molar-refractivity contribution in [2.75, 3.05) is 26.2 Å². The van der Waals surface area contributed by atoms with E-state index in [1.165, 1.54) is 11.9 Å². The van der Waals surface area contributed by atoms with E-state index in [1.54, 1.807) is 11.0 Å². The minimum absolute atomic E-state index is 0.0325. The van der Waals surface area contributed by atoms with Crippen LogP contribution in [0.5, 0.6) is 11.5 Å². The molecule has 0 atom stereocenters. The van der Waals surface area contributed by atoms with Crippen LogP contribution in [-0.4, -0.2) is 74.2 Å². The van der Waals surface area contributed by atoms with Crippen LogP contribution >= 0.6 is 0 Å². The van der Waals surface area contributed by atoms with E-state index in [4.69, 9.17) is 24.5 Å². The van der Waals surface area contributed by atoms with Crippen molar-refractivity contribution in [1.82, 2.24) is 19.7 Å². The molecule has 2 N–H and O–H groups in total. The number of aromatic nitrogens is 3. The average Bonchev–Trinajstić information content (AvgIpc) is 3.56. The Morgan fingerprint density at radius 3 is 2.36 bits per heavy atom. The molecule has 3 aromatic rings. The van der Waals surface area contributed by atoms with Gasteiger partial charge in [0, 0.05) is 23.6 Å². The summed E-state index contributed by atoms with van der Waals surface area (Å²) in [7, 11) is 0. The van der Waals surface area contributed by atoms with Gasteiger partial charge in [-0.05, 0) is 49.7 Å². The summed E-state index contributed by atoms with van der Waals surface area (Å²) < 4.78 is 45.5. The van der Waals surface area contributed by atoms with Crippen LogP contribution < -0.4 is 9.47 Å². The fourth-order valence-electron chi connectivity index (χ4n) is 4.57. The largest absolute Gasteiger partial charge is 0.492 e. The van der Waals surface area contributed by atoms with Gasteiger partial charge in [-0.15, -0.1) is 0 Å². The highest BCUT2D eigenvalue weighted by Crippen LogP contribution is 2.46. The topological polar surface area (TPSA) is 127 Å². The minimum atomic E-state index is -5.08. The van der Waals surface area contributed by atoms with E-state index >= 15 is 0 Å². The van der Waals surface area contributed by atoms with Crippen molar-refractivity contribution < 1.29 is 42.4 Å². The molecule has 2 aliphatic rings. The highest BCUT2D eigenvalue weighted by Gasteiger charge is 2.43. The lowest BCUT2D eigenvalue weighted by Gasteiger charge is -2.38. The fourth-order valence-corrected chi connectivity index (χ4v) is 4.57. The zero-order valence-corrected chi connectivity index (χ0v) is 20.8. The lowest BCUT2D eigenvalue weighted by atomic mass is 9.74. The van der Waals surface area contributed by atoms with Crippen molar-refractivity contribution in [2.24, 2.45) is 0 Å². The number of fused-ring (bicyclic) bond motifs is 2. The Labute approximate surface area is 221 Å². The second kappa shape index (κ2) is 11.7. The van der Waals surface area contributed by atoms with Crippen LogP contribution in [0.15, 0.2) is 55.1 Å². The molecule has 0 unspecified atom stereocenters. The smallest absolute Gasteiger partial charge is 0.490 e. The number of hydrogen-bond donors (Lipinski definition) is 2. The lowest BCUT2D eigenvalue weighted by Crippen LogP contribution is -2.44. The zero-order valence-electron chi connectivity index (χ0n) is 20.8. The molecule has 1 spiro atoms. The Morgan fingerprint density at radius 2 is 1.77 bits per heavy atom. The van der Waals surface area contributed by atoms with E-state index in [0.29, 0.717) is 19.8 Å². The van der Waals surface area contributed by atoms with E-state index in [2.05, 4.69) is 21.0 Å².